The summed E-state index contributed by atoms with van der Waals surface area (Å²) < 4.78 is 0. The van der Waals surface area contributed by atoms with Crippen LogP contribution in [0.15, 0.2) is 12.4 Å². The minimum Gasteiger partial charge on any atom is -0.507 e. The van der Waals surface area contributed by atoms with Crippen LogP contribution in [0.25, 0.3) is 0 Å². The molecule has 4 nitrogen and oxygen atoms in total. The molecule has 0 aliphatic carbocycles. The summed E-state index contributed by atoms with van der Waals surface area (Å²) in [7, 11) is -1.77. The predicted octanol–water partition coefficient (Wildman–Crippen LogP) is -0.880. The molecule has 0 aliphatic rings. The zero-order chi connectivity index (χ0) is 8.43. The van der Waals surface area contributed by atoms with Gasteiger partial charge in [-0.3, -0.25) is 4.98 Å². The van der Waals surface area contributed by atoms with Crippen LogP contribution in [0.1, 0.15) is 0 Å². The fraction of sp³-hybridized carbons (Fsp3) is 0. The maximum Gasteiger partial charge on any atom is 0.493 e. The van der Waals surface area contributed by atoms with Crippen molar-refractivity contribution in [3.05, 3.63) is 17.4 Å². The first kappa shape index (κ1) is 8.32. The summed E-state index contributed by atoms with van der Waals surface area (Å²) in [5.74, 6) is -0.326. The topological polar surface area (TPSA) is 73.6 Å². The minimum atomic E-state index is -1.77. The molecule has 11 heavy (non-hydrogen) atoms. The Bertz CT molecular complexity index is 248. The van der Waals surface area contributed by atoms with Crippen LogP contribution < -0.4 is 5.46 Å². The molecule has 0 spiro atoms. The summed E-state index contributed by atoms with van der Waals surface area (Å²) in [6.07, 6.45) is 2.30. The van der Waals surface area contributed by atoms with E-state index in [4.69, 9.17) is 26.8 Å². The third-order valence-corrected chi connectivity index (χ3v) is 1.48. The Hall–Kier alpha value is -0.775. The molecule has 0 saturated carbocycles. The minimum absolute atomic E-state index is 0.0278. The molecule has 0 unspecified atom stereocenters. The molecule has 0 saturated heterocycles. The van der Waals surface area contributed by atoms with E-state index in [1.807, 2.05) is 0 Å². The highest BCUT2D eigenvalue weighted by Crippen LogP contribution is 2.10. The molecule has 0 amide bonds. The lowest BCUT2D eigenvalue weighted by atomic mass is 9.80. The second-order valence-corrected chi connectivity index (χ2v) is 2.33. The molecular weight excluding hydrogens is 168 g/mol. The van der Waals surface area contributed by atoms with Gasteiger partial charge in [0.2, 0.25) is 0 Å². The second-order valence-electron chi connectivity index (χ2n) is 1.93. The average molecular weight is 173 g/mol. The van der Waals surface area contributed by atoms with Crippen LogP contribution in [-0.4, -0.2) is 27.3 Å². The molecule has 1 rings (SSSR count). The molecular formula is C5H5BClNO3. The van der Waals surface area contributed by atoms with Gasteiger partial charge in [0.05, 0.1) is 11.2 Å². The largest absolute Gasteiger partial charge is 0.507 e. The van der Waals surface area contributed by atoms with Crippen molar-refractivity contribution < 1.29 is 15.2 Å². The van der Waals surface area contributed by atoms with Crippen LogP contribution in [0.5, 0.6) is 5.75 Å². The van der Waals surface area contributed by atoms with E-state index in [1.165, 1.54) is 6.20 Å². The third kappa shape index (κ3) is 1.62. The predicted molar refractivity (Wildman–Crippen MR) is 40.7 cm³/mol. The van der Waals surface area contributed by atoms with Gasteiger partial charge in [0, 0.05) is 11.7 Å². The van der Waals surface area contributed by atoms with Gasteiger partial charge in [-0.1, -0.05) is 11.6 Å². The number of rotatable bonds is 1. The van der Waals surface area contributed by atoms with E-state index in [0.717, 1.165) is 6.20 Å². The van der Waals surface area contributed by atoms with Crippen LogP contribution in [0.2, 0.25) is 5.02 Å². The quantitative estimate of drug-likeness (QED) is 0.482. The molecule has 0 atom stereocenters. The Morgan fingerprint density at radius 1 is 1.36 bits per heavy atom. The summed E-state index contributed by atoms with van der Waals surface area (Å²) in [6.45, 7) is 0. The Morgan fingerprint density at radius 2 is 2.00 bits per heavy atom. The number of aromatic nitrogens is 1. The van der Waals surface area contributed by atoms with E-state index in [-0.39, 0.29) is 16.2 Å². The third-order valence-electron chi connectivity index (χ3n) is 1.18. The number of halogens is 1. The van der Waals surface area contributed by atoms with Crippen LogP contribution in [-0.2, 0) is 0 Å². The first-order chi connectivity index (χ1) is 5.13. The van der Waals surface area contributed by atoms with E-state index in [1.54, 1.807) is 0 Å². The maximum absolute atomic E-state index is 8.99. The Kier molecular flexibility index (Phi) is 2.33. The van der Waals surface area contributed by atoms with Gasteiger partial charge in [-0.25, -0.2) is 0 Å². The van der Waals surface area contributed by atoms with E-state index in [0.29, 0.717) is 0 Å². The maximum atomic E-state index is 8.99. The van der Waals surface area contributed by atoms with Gasteiger partial charge in [-0.2, -0.15) is 0 Å². The summed E-state index contributed by atoms with van der Waals surface area (Å²) >= 11 is 5.48. The normalized spacial score (nSPS) is 9.73. The molecule has 6 heteroatoms. The fourth-order valence-electron chi connectivity index (χ4n) is 0.690. The van der Waals surface area contributed by atoms with Crippen LogP contribution >= 0.6 is 11.6 Å². The van der Waals surface area contributed by atoms with Gasteiger partial charge in [0.25, 0.3) is 0 Å². The number of hydrogen-bond donors (Lipinski definition) is 3. The zero-order valence-electron chi connectivity index (χ0n) is 5.40. The molecule has 58 valence electrons. The molecule has 1 aromatic rings. The number of nitrogens with zero attached hydrogens (tertiary/aromatic N) is 1. The highest BCUT2D eigenvalue weighted by atomic mass is 35.5. The van der Waals surface area contributed by atoms with Crippen molar-refractivity contribution in [1.82, 2.24) is 4.98 Å². The molecule has 1 heterocycles. The SMILES string of the molecule is OB(O)c1c(O)cncc1Cl. The van der Waals surface area contributed by atoms with E-state index >= 15 is 0 Å². The average Bonchev–Trinajstić information content (AvgIpc) is 1.85. The molecule has 0 aromatic carbocycles. The summed E-state index contributed by atoms with van der Waals surface area (Å²) in [5.41, 5.74) is -0.123. The number of pyridine rings is 1. The fourth-order valence-corrected chi connectivity index (χ4v) is 0.941. The van der Waals surface area contributed by atoms with Gasteiger partial charge >= 0.3 is 7.12 Å². The highest BCUT2D eigenvalue weighted by Gasteiger charge is 2.19. The highest BCUT2D eigenvalue weighted by molar-refractivity contribution is 6.63. The number of hydrogen-bond acceptors (Lipinski definition) is 4. The van der Waals surface area contributed by atoms with Crippen LogP contribution in [0.4, 0.5) is 0 Å². The first-order valence-corrected chi connectivity index (χ1v) is 3.19. The van der Waals surface area contributed by atoms with E-state index < -0.39 is 7.12 Å². The van der Waals surface area contributed by atoms with E-state index in [9.17, 15) is 0 Å². The van der Waals surface area contributed by atoms with Crippen LogP contribution in [0.3, 0.4) is 0 Å². The van der Waals surface area contributed by atoms with Crippen molar-refractivity contribution in [2.45, 2.75) is 0 Å². The lowest BCUT2D eigenvalue weighted by Gasteiger charge is -2.03. The van der Waals surface area contributed by atoms with Gasteiger partial charge in [-0.15, -0.1) is 0 Å². The van der Waals surface area contributed by atoms with Gasteiger partial charge < -0.3 is 15.2 Å². The van der Waals surface area contributed by atoms with Crippen molar-refractivity contribution in [1.29, 1.82) is 0 Å². The summed E-state index contributed by atoms with van der Waals surface area (Å²) in [4.78, 5) is 3.52. The van der Waals surface area contributed by atoms with Crippen molar-refractivity contribution >= 4 is 24.2 Å². The van der Waals surface area contributed by atoms with E-state index in [2.05, 4.69) is 4.98 Å². The zero-order valence-corrected chi connectivity index (χ0v) is 6.15. The lowest BCUT2D eigenvalue weighted by molar-refractivity contribution is 0.419. The molecule has 3 N–H and O–H groups in total. The van der Waals surface area contributed by atoms with Crippen molar-refractivity contribution in [2.75, 3.05) is 0 Å². The first-order valence-electron chi connectivity index (χ1n) is 2.81. The Morgan fingerprint density at radius 3 is 2.36 bits per heavy atom. The standard InChI is InChI=1S/C5H5BClNO3/c7-3-1-8-2-4(9)5(3)6(10)11/h1-2,9-11H. The van der Waals surface area contributed by atoms with Crippen LogP contribution in [0, 0.1) is 0 Å². The van der Waals surface area contributed by atoms with Crippen molar-refractivity contribution in [3.63, 3.8) is 0 Å². The van der Waals surface area contributed by atoms with Crippen molar-refractivity contribution in [2.24, 2.45) is 0 Å². The van der Waals surface area contributed by atoms with Gasteiger partial charge in [0.1, 0.15) is 5.75 Å². The molecule has 0 bridgehead atoms. The lowest BCUT2D eigenvalue weighted by Crippen LogP contribution is -2.31. The molecule has 0 fully saturated rings. The Labute approximate surface area is 68.2 Å². The van der Waals surface area contributed by atoms with Gasteiger partial charge in [-0.05, 0) is 0 Å². The monoisotopic (exact) mass is 173 g/mol. The van der Waals surface area contributed by atoms with Gasteiger partial charge in [0.15, 0.2) is 0 Å². The molecule has 0 aliphatic heterocycles. The molecule has 0 radical (unpaired) electrons. The molecule has 1 aromatic heterocycles. The Balaban J connectivity index is 3.21. The van der Waals surface area contributed by atoms with Crippen molar-refractivity contribution in [3.8, 4) is 5.75 Å². The number of aromatic hydroxyl groups is 1. The second kappa shape index (κ2) is 3.08. The summed E-state index contributed by atoms with van der Waals surface area (Å²) in [6, 6.07) is 0. The summed E-state index contributed by atoms with van der Waals surface area (Å²) in [5, 5.41) is 26.4. The smallest absolute Gasteiger partial charge is 0.493 e.